The lowest BCUT2D eigenvalue weighted by molar-refractivity contribution is 0.0923. The second-order valence-electron chi connectivity index (χ2n) is 6.01. The number of carbonyl (C=O) groups is 1. The molecule has 3 rings (SSSR count). The van der Waals surface area contributed by atoms with Gasteiger partial charge in [0, 0.05) is 43.6 Å². The maximum atomic E-state index is 12.3. The van der Waals surface area contributed by atoms with E-state index in [9.17, 15) is 4.79 Å². The number of nitrogens with one attached hydrogen (secondary N) is 1. The number of nitrogens with zero attached hydrogens (tertiary/aromatic N) is 5. The van der Waals surface area contributed by atoms with Gasteiger partial charge in [-0.05, 0) is 32.8 Å². The SMILES string of the molecule is Cc1ncnc(N2CCCC(NC(=O)c3ccnn3C)C2)c1C. The molecule has 2 aromatic heterocycles. The smallest absolute Gasteiger partial charge is 0.269 e. The third-order valence-corrected chi connectivity index (χ3v) is 4.42. The molecule has 1 aliphatic rings. The van der Waals surface area contributed by atoms with E-state index in [1.54, 1.807) is 30.3 Å². The number of piperidine rings is 1. The summed E-state index contributed by atoms with van der Waals surface area (Å²) in [5.41, 5.74) is 2.68. The van der Waals surface area contributed by atoms with Crippen LogP contribution < -0.4 is 10.2 Å². The van der Waals surface area contributed by atoms with Crippen molar-refractivity contribution in [2.45, 2.75) is 32.7 Å². The number of amides is 1. The molecule has 0 saturated carbocycles. The maximum Gasteiger partial charge on any atom is 0.269 e. The zero-order chi connectivity index (χ0) is 16.4. The van der Waals surface area contributed by atoms with E-state index in [0.717, 1.165) is 43.0 Å². The van der Waals surface area contributed by atoms with Gasteiger partial charge in [-0.25, -0.2) is 9.97 Å². The van der Waals surface area contributed by atoms with Crippen molar-refractivity contribution in [2.75, 3.05) is 18.0 Å². The van der Waals surface area contributed by atoms with Crippen LogP contribution in [-0.4, -0.2) is 44.8 Å². The van der Waals surface area contributed by atoms with Gasteiger partial charge in [0.05, 0.1) is 0 Å². The zero-order valence-corrected chi connectivity index (χ0v) is 13.8. The van der Waals surface area contributed by atoms with E-state index in [1.807, 2.05) is 13.8 Å². The second kappa shape index (κ2) is 6.36. The van der Waals surface area contributed by atoms with Gasteiger partial charge in [0.25, 0.3) is 5.91 Å². The minimum atomic E-state index is -0.0764. The first kappa shape index (κ1) is 15.5. The van der Waals surface area contributed by atoms with Gasteiger partial charge in [0.1, 0.15) is 17.8 Å². The maximum absolute atomic E-state index is 12.3. The monoisotopic (exact) mass is 314 g/mol. The van der Waals surface area contributed by atoms with Crippen LogP contribution in [0.3, 0.4) is 0 Å². The standard InChI is InChI=1S/C16H22N6O/c1-11-12(2)17-10-18-15(11)22-8-4-5-13(9-22)20-16(23)14-6-7-19-21(14)3/h6-7,10,13H,4-5,8-9H2,1-3H3,(H,20,23). The highest BCUT2D eigenvalue weighted by atomic mass is 16.2. The summed E-state index contributed by atoms with van der Waals surface area (Å²) in [5.74, 6) is 0.893. The van der Waals surface area contributed by atoms with Crippen molar-refractivity contribution in [3.05, 3.63) is 35.5 Å². The molecule has 23 heavy (non-hydrogen) atoms. The van der Waals surface area contributed by atoms with Gasteiger partial charge in [-0.15, -0.1) is 0 Å². The summed E-state index contributed by atoms with van der Waals surface area (Å²) in [6, 6.07) is 1.84. The van der Waals surface area contributed by atoms with Gasteiger partial charge < -0.3 is 10.2 Å². The van der Waals surface area contributed by atoms with Crippen molar-refractivity contribution < 1.29 is 4.79 Å². The third kappa shape index (κ3) is 3.18. The quantitative estimate of drug-likeness (QED) is 0.922. The molecule has 7 nitrogen and oxygen atoms in total. The Bertz CT molecular complexity index is 710. The summed E-state index contributed by atoms with van der Waals surface area (Å²) in [5, 5.41) is 7.15. The number of aryl methyl sites for hydroxylation is 2. The van der Waals surface area contributed by atoms with E-state index in [4.69, 9.17) is 0 Å². The molecule has 1 aliphatic heterocycles. The minimum absolute atomic E-state index is 0.0764. The number of anilines is 1. The number of carbonyl (C=O) groups excluding carboxylic acids is 1. The van der Waals surface area contributed by atoms with Crippen LogP contribution >= 0.6 is 0 Å². The average Bonchev–Trinajstić information content (AvgIpc) is 2.96. The fraction of sp³-hybridized carbons (Fsp3) is 0.500. The Morgan fingerprint density at radius 2 is 2.17 bits per heavy atom. The van der Waals surface area contributed by atoms with Crippen LogP contribution in [-0.2, 0) is 7.05 Å². The van der Waals surface area contributed by atoms with E-state index in [1.165, 1.54) is 0 Å². The van der Waals surface area contributed by atoms with Crippen LogP contribution in [0.15, 0.2) is 18.6 Å². The highest BCUT2D eigenvalue weighted by Crippen LogP contribution is 2.22. The van der Waals surface area contributed by atoms with E-state index in [-0.39, 0.29) is 11.9 Å². The van der Waals surface area contributed by atoms with Crippen molar-refractivity contribution >= 4 is 11.7 Å². The molecule has 1 saturated heterocycles. The summed E-state index contributed by atoms with van der Waals surface area (Å²) >= 11 is 0. The first-order valence-electron chi connectivity index (χ1n) is 7.88. The summed E-state index contributed by atoms with van der Waals surface area (Å²) in [7, 11) is 1.77. The topological polar surface area (TPSA) is 75.9 Å². The Balaban J connectivity index is 1.70. The van der Waals surface area contributed by atoms with Gasteiger partial charge in [0.15, 0.2) is 0 Å². The Morgan fingerprint density at radius 1 is 1.35 bits per heavy atom. The Kier molecular flexibility index (Phi) is 4.27. The molecule has 1 N–H and O–H groups in total. The predicted molar refractivity (Wildman–Crippen MR) is 87.4 cm³/mol. The predicted octanol–water partition coefficient (Wildman–Crippen LogP) is 1.23. The van der Waals surface area contributed by atoms with Crippen LogP contribution in [0.5, 0.6) is 0 Å². The number of hydrogen-bond donors (Lipinski definition) is 1. The van der Waals surface area contributed by atoms with Gasteiger partial charge in [-0.2, -0.15) is 5.10 Å². The summed E-state index contributed by atoms with van der Waals surface area (Å²) in [6.07, 6.45) is 5.24. The summed E-state index contributed by atoms with van der Waals surface area (Å²) < 4.78 is 1.59. The average molecular weight is 314 g/mol. The minimum Gasteiger partial charge on any atom is -0.354 e. The molecule has 122 valence electrons. The van der Waals surface area contributed by atoms with Crippen molar-refractivity contribution in [3.63, 3.8) is 0 Å². The first-order valence-corrected chi connectivity index (χ1v) is 7.88. The Labute approximate surface area is 135 Å². The van der Waals surface area contributed by atoms with Crippen LogP contribution in [0, 0.1) is 13.8 Å². The highest BCUT2D eigenvalue weighted by Gasteiger charge is 2.24. The van der Waals surface area contributed by atoms with Gasteiger partial charge in [-0.1, -0.05) is 0 Å². The molecule has 3 heterocycles. The molecular weight excluding hydrogens is 292 g/mol. The molecule has 0 spiro atoms. The van der Waals surface area contributed by atoms with E-state index in [0.29, 0.717) is 5.69 Å². The highest BCUT2D eigenvalue weighted by molar-refractivity contribution is 5.92. The fourth-order valence-corrected chi connectivity index (χ4v) is 2.99. The first-order chi connectivity index (χ1) is 11.1. The Hall–Kier alpha value is -2.44. The van der Waals surface area contributed by atoms with Crippen LogP contribution in [0.1, 0.15) is 34.6 Å². The lowest BCUT2D eigenvalue weighted by atomic mass is 10.0. The molecule has 2 aromatic rings. The van der Waals surface area contributed by atoms with Gasteiger partial charge in [-0.3, -0.25) is 9.48 Å². The third-order valence-electron chi connectivity index (χ3n) is 4.42. The summed E-state index contributed by atoms with van der Waals surface area (Å²) in [6.45, 7) is 5.75. The Morgan fingerprint density at radius 3 is 2.91 bits per heavy atom. The van der Waals surface area contributed by atoms with E-state index < -0.39 is 0 Å². The molecule has 1 unspecified atom stereocenters. The molecule has 0 aliphatic carbocycles. The van der Waals surface area contributed by atoms with Crippen molar-refractivity contribution in [1.82, 2.24) is 25.1 Å². The van der Waals surface area contributed by atoms with E-state index in [2.05, 4.69) is 25.3 Å². The van der Waals surface area contributed by atoms with Crippen LogP contribution in [0.25, 0.3) is 0 Å². The van der Waals surface area contributed by atoms with Gasteiger partial charge >= 0.3 is 0 Å². The lowest BCUT2D eigenvalue weighted by Gasteiger charge is -2.34. The molecule has 1 fully saturated rings. The summed E-state index contributed by atoms with van der Waals surface area (Å²) in [4.78, 5) is 23.2. The second-order valence-corrected chi connectivity index (χ2v) is 6.01. The molecular formula is C16H22N6O. The molecule has 0 bridgehead atoms. The number of aromatic nitrogens is 4. The zero-order valence-electron chi connectivity index (χ0n) is 13.8. The van der Waals surface area contributed by atoms with Crippen molar-refractivity contribution in [2.24, 2.45) is 7.05 Å². The molecule has 0 aromatic carbocycles. The lowest BCUT2D eigenvalue weighted by Crippen LogP contribution is -2.48. The largest absolute Gasteiger partial charge is 0.354 e. The fourth-order valence-electron chi connectivity index (χ4n) is 2.99. The number of hydrogen-bond acceptors (Lipinski definition) is 5. The molecule has 7 heteroatoms. The number of rotatable bonds is 3. The van der Waals surface area contributed by atoms with Crippen LogP contribution in [0.4, 0.5) is 5.82 Å². The van der Waals surface area contributed by atoms with Crippen LogP contribution in [0.2, 0.25) is 0 Å². The normalized spacial score (nSPS) is 18.0. The molecule has 1 amide bonds. The molecule has 1 atom stereocenters. The van der Waals surface area contributed by atoms with Gasteiger partial charge in [0.2, 0.25) is 0 Å². The van der Waals surface area contributed by atoms with E-state index >= 15 is 0 Å². The molecule has 0 radical (unpaired) electrons. The van der Waals surface area contributed by atoms with Crippen molar-refractivity contribution in [3.8, 4) is 0 Å². The van der Waals surface area contributed by atoms with Crippen molar-refractivity contribution in [1.29, 1.82) is 0 Å².